The fraction of sp³-hybridized carbons (Fsp3) is 0.320. The lowest BCUT2D eigenvalue weighted by atomic mass is 9.98. The van der Waals surface area contributed by atoms with Gasteiger partial charge < -0.3 is 26.4 Å². The summed E-state index contributed by atoms with van der Waals surface area (Å²) in [5.41, 5.74) is 0.278. The van der Waals surface area contributed by atoms with Crippen molar-refractivity contribution in [1.29, 1.82) is 0 Å². The largest absolute Gasteiger partial charge is 0.481 e. The predicted octanol–water partition coefficient (Wildman–Crippen LogP) is 2.66. The zero-order valence-electron chi connectivity index (χ0n) is 21.0. The number of rotatable bonds is 8. The number of fused-ring (bicyclic) bond motifs is 1. The Morgan fingerprint density at radius 2 is 1.95 bits per heavy atom. The van der Waals surface area contributed by atoms with Crippen LogP contribution in [0.3, 0.4) is 0 Å². The molecule has 0 radical (unpaired) electrons. The lowest BCUT2D eigenvalue weighted by Crippen LogP contribution is -2.41. The minimum Gasteiger partial charge on any atom is -0.481 e. The highest BCUT2D eigenvalue weighted by atomic mass is 19.4. The molecule has 6 N–H and O–H groups in total. The number of carbonyl (C=O) groups is 3. The van der Waals surface area contributed by atoms with E-state index in [1.54, 1.807) is 0 Å². The van der Waals surface area contributed by atoms with Gasteiger partial charge in [-0.15, -0.1) is 0 Å². The predicted molar refractivity (Wildman–Crippen MR) is 137 cm³/mol. The fourth-order valence-electron chi connectivity index (χ4n) is 4.13. The number of halogens is 4. The highest BCUT2D eigenvalue weighted by Crippen LogP contribution is 2.32. The summed E-state index contributed by atoms with van der Waals surface area (Å²) in [4.78, 5) is 40.9. The van der Waals surface area contributed by atoms with Gasteiger partial charge in [0.1, 0.15) is 6.17 Å². The molecule has 2 heterocycles. The number of aromatic amines is 1. The minimum absolute atomic E-state index is 0.0257. The Morgan fingerprint density at radius 3 is 2.62 bits per heavy atom. The summed E-state index contributed by atoms with van der Waals surface area (Å²) in [6.45, 7) is 0.885. The number of hydrogen-bond donors (Lipinski definition) is 6. The Morgan fingerprint density at radius 1 is 1.18 bits per heavy atom. The third kappa shape index (κ3) is 7.03. The van der Waals surface area contributed by atoms with Gasteiger partial charge in [-0.05, 0) is 36.8 Å². The Bertz CT molecular complexity index is 1470. The normalized spacial score (nSPS) is 16.0. The molecule has 2 amide bonds. The second-order valence-electron chi connectivity index (χ2n) is 9.18. The van der Waals surface area contributed by atoms with Crippen molar-refractivity contribution in [2.75, 3.05) is 25.0 Å². The van der Waals surface area contributed by atoms with E-state index in [1.165, 1.54) is 31.3 Å². The first kappa shape index (κ1) is 28.3. The van der Waals surface area contributed by atoms with E-state index in [0.717, 1.165) is 12.1 Å². The molecule has 1 aliphatic heterocycles. The van der Waals surface area contributed by atoms with Crippen molar-refractivity contribution in [2.24, 2.45) is 4.99 Å². The standard InChI is InChI=1S/C25H25F4N7O4/c1-12-2-13(4-15(3-12)25(27,28)29)18(7-22(38)39)34-21(37)11-30-23(40)14-5-19(17-10-33-36-20(17)6-14)35-24-31-8-16(26)9-32-24/h2-6,10,16,18H,7-9,11H2,1H3,(H,30,40)(H,33,36)(H,34,37)(H,38,39)(H2,31,32,35)/t18-/m0/s1. The van der Waals surface area contributed by atoms with Crippen molar-refractivity contribution in [2.45, 2.75) is 31.7 Å². The molecule has 2 atom stereocenters. The van der Waals surface area contributed by atoms with E-state index >= 15 is 0 Å². The molecule has 1 aliphatic rings. The number of aliphatic carboxylic acids is 1. The number of H-pyrrole nitrogens is 1. The van der Waals surface area contributed by atoms with Crippen LogP contribution in [0.25, 0.3) is 10.9 Å². The molecule has 0 fully saturated rings. The molecule has 4 rings (SSSR count). The third-order valence-corrected chi connectivity index (χ3v) is 5.97. The molecule has 0 bridgehead atoms. The van der Waals surface area contributed by atoms with E-state index in [9.17, 15) is 37.1 Å². The van der Waals surface area contributed by atoms with Crippen molar-refractivity contribution in [3.63, 3.8) is 0 Å². The van der Waals surface area contributed by atoms with E-state index in [4.69, 9.17) is 0 Å². The molecule has 0 saturated heterocycles. The number of nitrogens with zero attached hydrogens (tertiary/aromatic N) is 2. The number of carboxylic acid groups (broad SMARTS) is 1. The number of anilines is 1. The van der Waals surface area contributed by atoms with Gasteiger partial charge in [-0.2, -0.15) is 18.3 Å². The maximum atomic E-state index is 13.4. The first-order valence-electron chi connectivity index (χ1n) is 12.0. The molecule has 3 aromatic rings. The van der Waals surface area contributed by atoms with Crippen LogP contribution in [0.4, 0.5) is 23.2 Å². The Hall–Kier alpha value is -4.69. The first-order chi connectivity index (χ1) is 18.9. The highest BCUT2D eigenvalue weighted by Gasteiger charge is 2.32. The van der Waals surface area contributed by atoms with Gasteiger partial charge in [-0.25, -0.2) is 9.38 Å². The third-order valence-electron chi connectivity index (χ3n) is 5.97. The number of aliphatic imine (C=N–C) groups is 1. The molecule has 1 aromatic heterocycles. The van der Waals surface area contributed by atoms with E-state index in [1.807, 2.05) is 0 Å². The number of nitrogens with one attached hydrogen (secondary N) is 5. The average Bonchev–Trinajstić information content (AvgIpc) is 3.36. The zero-order valence-corrected chi connectivity index (χ0v) is 21.0. The summed E-state index contributed by atoms with van der Waals surface area (Å²) in [5.74, 6) is -2.50. The van der Waals surface area contributed by atoms with Gasteiger partial charge in [0.2, 0.25) is 5.91 Å². The summed E-state index contributed by atoms with van der Waals surface area (Å²) in [5, 5.41) is 27.2. The van der Waals surface area contributed by atoms with E-state index in [0.29, 0.717) is 22.5 Å². The van der Waals surface area contributed by atoms with Crippen molar-refractivity contribution >= 4 is 40.3 Å². The highest BCUT2D eigenvalue weighted by molar-refractivity contribution is 6.07. The monoisotopic (exact) mass is 563 g/mol. The fourth-order valence-corrected chi connectivity index (χ4v) is 4.13. The second-order valence-corrected chi connectivity index (χ2v) is 9.18. The minimum atomic E-state index is -4.66. The maximum Gasteiger partial charge on any atom is 0.416 e. The van der Waals surface area contributed by atoms with Crippen molar-refractivity contribution in [3.8, 4) is 0 Å². The van der Waals surface area contributed by atoms with E-state index in [-0.39, 0.29) is 29.8 Å². The van der Waals surface area contributed by atoms with Crippen LogP contribution in [-0.4, -0.2) is 64.9 Å². The number of amides is 2. The first-order valence-corrected chi connectivity index (χ1v) is 12.0. The van der Waals surface area contributed by atoms with Gasteiger partial charge in [0.05, 0.1) is 55.1 Å². The molecule has 11 nitrogen and oxygen atoms in total. The van der Waals surface area contributed by atoms with Gasteiger partial charge in [-0.1, -0.05) is 11.6 Å². The second kappa shape index (κ2) is 11.6. The van der Waals surface area contributed by atoms with E-state index < -0.39 is 54.7 Å². The topological polar surface area (TPSA) is 161 Å². The van der Waals surface area contributed by atoms with Crippen LogP contribution in [-0.2, 0) is 15.8 Å². The summed E-state index contributed by atoms with van der Waals surface area (Å²) >= 11 is 0. The van der Waals surface area contributed by atoms with Gasteiger partial charge in [0, 0.05) is 10.9 Å². The number of carbonyl (C=O) groups excluding carboxylic acids is 2. The van der Waals surface area contributed by atoms with Crippen molar-refractivity contribution < 1.29 is 37.1 Å². The van der Waals surface area contributed by atoms with Gasteiger partial charge in [0.25, 0.3) is 5.91 Å². The molecular weight excluding hydrogens is 538 g/mol. The van der Waals surface area contributed by atoms with Crippen molar-refractivity contribution in [3.05, 3.63) is 58.8 Å². The van der Waals surface area contributed by atoms with Crippen LogP contribution in [0.1, 0.15) is 39.5 Å². The molecule has 40 heavy (non-hydrogen) atoms. The van der Waals surface area contributed by atoms with Gasteiger partial charge >= 0.3 is 12.1 Å². The van der Waals surface area contributed by atoms with Crippen LogP contribution in [0.15, 0.2) is 41.5 Å². The summed E-state index contributed by atoms with van der Waals surface area (Å²) < 4.78 is 53.2. The summed E-state index contributed by atoms with van der Waals surface area (Å²) in [6, 6.07) is 4.76. The van der Waals surface area contributed by atoms with Gasteiger partial charge in [0.15, 0.2) is 5.96 Å². The molecule has 0 aliphatic carbocycles. The summed E-state index contributed by atoms with van der Waals surface area (Å²) in [7, 11) is 0. The molecule has 15 heteroatoms. The molecule has 212 valence electrons. The summed E-state index contributed by atoms with van der Waals surface area (Å²) in [6.07, 6.45) is -4.93. The van der Waals surface area contributed by atoms with Gasteiger partial charge in [-0.3, -0.25) is 19.5 Å². The van der Waals surface area contributed by atoms with Crippen LogP contribution < -0.4 is 21.3 Å². The van der Waals surface area contributed by atoms with Crippen LogP contribution >= 0.6 is 0 Å². The van der Waals surface area contributed by atoms with Crippen LogP contribution in [0.2, 0.25) is 0 Å². The van der Waals surface area contributed by atoms with Crippen LogP contribution in [0.5, 0.6) is 0 Å². The van der Waals surface area contributed by atoms with Crippen molar-refractivity contribution in [1.82, 2.24) is 26.1 Å². The quantitative estimate of drug-likeness (QED) is 0.230. The maximum absolute atomic E-state index is 13.4. The number of carboxylic acids is 1. The molecule has 0 saturated carbocycles. The molecule has 2 aromatic carbocycles. The number of hydrogen-bond acceptors (Lipinski definition) is 7. The zero-order chi connectivity index (χ0) is 29.0. The lowest BCUT2D eigenvalue weighted by molar-refractivity contribution is -0.138. The number of benzene rings is 2. The average molecular weight is 564 g/mol. The lowest BCUT2D eigenvalue weighted by Gasteiger charge is -2.20. The number of guanidine groups is 1. The SMILES string of the molecule is Cc1cc([C@H](CC(=O)O)NC(=O)CNC(=O)c2cc(NC3=NCC(F)CN3)c3cn[nH]c3c2)cc(C(F)(F)F)c1. The molecular formula is C25H25F4N7O4. The Balaban J connectivity index is 1.46. The number of aryl methyl sites for hydroxylation is 1. The molecule has 1 unspecified atom stereocenters. The molecule has 0 spiro atoms. The Kier molecular flexibility index (Phi) is 8.21. The number of aromatic nitrogens is 2. The van der Waals surface area contributed by atoms with E-state index in [2.05, 4.69) is 36.5 Å². The Labute approximate surface area is 224 Å². The van der Waals surface area contributed by atoms with Crippen LogP contribution in [0, 0.1) is 6.92 Å². The number of alkyl halides is 4. The smallest absolute Gasteiger partial charge is 0.416 e.